The van der Waals surface area contributed by atoms with Gasteiger partial charge in [0.05, 0.1) is 6.10 Å². The van der Waals surface area contributed by atoms with E-state index < -0.39 is 0 Å². The van der Waals surface area contributed by atoms with Gasteiger partial charge in [0, 0.05) is 37.6 Å². The molecule has 0 amide bonds. The topological polar surface area (TPSA) is 62.1 Å². The Morgan fingerprint density at radius 2 is 2.00 bits per heavy atom. The second-order valence-electron chi connectivity index (χ2n) is 5.25. The number of aliphatic hydroxyl groups excluding tert-OH is 1. The first-order chi connectivity index (χ1) is 9.72. The molecule has 20 heavy (non-hydrogen) atoms. The number of hydrogen-bond donors (Lipinski definition) is 1. The minimum atomic E-state index is -0.321. The number of hydrogen-bond acceptors (Lipinski definition) is 5. The summed E-state index contributed by atoms with van der Waals surface area (Å²) < 4.78 is 0. The molecule has 2 atom stereocenters. The second-order valence-corrected chi connectivity index (χ2v) is 5.25. The van der Waals surface area contributed by atoms with Crippen molar-refractivity contribution < 1.29 is 5.11 Å². The lowest BCUT2D eigenvalue weighted by Crippen LogP contribution is -2.22. The van der Waals surface area contributed by atoms with Gasteiger partial charge in [0.15, 0.2) is 0 Å². The number of aliphatic hydroxyl groups is 1. The monoisotopic (exact) mass is 270 g/mol. The Morgan fingerprint density at radius 1 is 1.20 bits per heavy atom. The molecule has 0 spiro atoms. The van der Waals surface area contributed by atoms with E-state index in [0.29, 0.717) is 6.54 Å². The van der Waals surface area contributed by atoms with Gasteiger partial charge in [0.2, 0.25) is 0 Å². The molecule has 0 radical (unpaired) electrons. The molecule has 1 saturated heterocycles. The van der Waals surface area contributed by atoms with E-state index in [4.69, 9.17) is 0 Å². The zero-order valence-electron chi connectivity index (χ0n) is 11.5. The molecule has 3 rings (SSSR count). The van der Waals surface area contributed by atoms with Gasteiger partial charge < -0.3 is 10.0 Å². The molecule has 1 aliphatic rings. The highest BCUT2D eigenvalue weighted by Gasteiger charge is 2.32. The fraction of sp³-hybridized carbons (Fsp3) is 0.400. The summed E-state index contributed by atoms with van der Waals surface area (Å²) in [6, 6.07) is 5.91. The fourth-order valence-corrected chi connectivity index (χ4v) is 2.68. The Hall–Kier alpha value is -2.01. The summed E-state index contributed by atoms with van der Waals surface area (Å²) in [7, 11) is 0. The number of rotatable bonds is 3. The zero-order valence-corrected chi connectivity index (χ0v) is 11.5. The predicted molar refractivity (Wildman–Crippen MR) is 76.4 cm³/mol. The largest absolute Gasteiger partial charge is 0.391 e. The molecular weight excluding hydrogens is 252 g/mol. The molecule has 0 aliphatic carbocycles. The molecule has 1 N–H and O–H groups in total. The average Bonchev–Trinajstić information content (AvgIpc) is 2.81. The van der Waals surface area contributed by atoms with Crippen molar-refractivity contribution in [2.75, 3.05) is 18.0 Å². The van der Waals surface area contributed by atoms with Gasteiger partial charge in [-0.05, 0) is 37.1 Å². The van der Waals surface area contributed by atoms with E-state index in [9.17, 15) is 5.11 Å². The summed E-state index contributed by atoms with van der Waals surface area (Å²) in [5.74, 6) is 1.89. The number of nitrogens with zero attached hydrogens (tertiary/aromatic N) is 4. The number of pyridine rings is 1. The van der Waals surface area contributed by atoms with Gasteiger partial charge >= 0.3 is 0 Å². The molecule has 2 aromatic heterocycles. The minimum absolute atomic E-state index is 0.229. The van der Waals surface area contributed by atoms with E-state index in [1.807, 2.05) is 25.1 Å². The summed E-state index contributed by atoms with van der Waals surface area (Å²) in [5.41, 5.74) is 1.21. The van der Waals surface area contributed by atoms with Crippen LogP contribution in [0.3, 0.4) is 0 Å². The Balaban J connectivity index is 1.71. The van der Waals surface area contributed by atoms with Crippen molar-refractivity contribution in [3.05, 3.63) is 48.2 Å². The van der Waals surface area contributed by atoms with E-state index >= 15 is 0 Å². The lowest BCUT2D eigenvalue weighted by Gasteiger charge is -2.17. The lowest BCUT2D eigenvalue weighted by molar-refractivity contribution is 0.148. The average molecular weight is 270 g/mol. The van der Waals surface area contributed by atoms with Crippen LogP contribution in [0.4, 0.5) is 5.82 Å². The Morgan fingerprint density at radius 3 is 2.75 bits per heavy atom. The van der Waals surface area contributed by atoms with Crippen LogP contribution in [-0.2, 0) is 6.42 Å². The standard InChI is InChI=1S/C15H18N4O/c1-11-17-7-4-15(18-11)19-9-13(14(20)10-19)8-12-2-5-16-6-3-12/h2-7,13-14,20H,8-10H2,1H3/t13-,14+/m1/s1. The number of aromatic nitrogens is 3. The molecule has 1 fully saturated rings. The van der Waals surface area contributed by atoms with Crippen molar-refractivity contribution in [1.82, 2.24) is 15.0 Å². The maximum Gasteiger partial charge on any atom is 0.132 e. The SMILES string of the molecule is Cc1nccc(N2C[C@@H](Cc3ccncc3)[C@@H](O)C2)n1. The van der Waals surface area contributed by atoms with Crippen molar-refractivity contribution in [2.24, 2.45) is 5.92 Å². The predicted octanol–water partition coefficient (Wildman–Crippen LogP) is 1.22. The van der Waals surface area contributed by atoms with Crippen LogP contribution >= 0.6 is 0 Å². The molecular formula is C15H18N4O. The molecule has 5 heteroatoms. The van der Waals surface area contributed by atoms with Crippen molar-refractivity contribution in [1.29, 1.82) is 0 Å². The molecule has 3 heterocycles. The maximum absolute atomic E-state index is 10.3. The highest BCUT2D eigenvalue weighted by Crippen LogP contribution is 2.25. The van der Waals surface area contributed by atoms with Gasteiger partial charge in [-0.2, -0.15) is 0 Å². The van der Waals surface area contributed by atoms with Crippen LogP contribution in [-0.4, -0.2) is 39.3 Å². The smallest absolute Gasteiger partial charge is 0.132 e. The molecule has 0 saturated carbocycles. The van der Waals surface area contributed by atoms with Crippen molar-refractivity contribution in [3.8, 4) is 0 Å². The van der Waals surface area contributed by atoms with Gasteiger partial charge in [-0.3, -0.25) is 4.98 Å². The van der Waals surface area contributed by atoms with Gasteiger partial charge in [-0.1, -0.05) is 0 Å². The zero-order chi connectivity index (χ0) is 13.9. The summed E-state index contributed by atoms with van der Waals surface area (Å²) in [5, 5.41) is 10.3. The third-order valence-electron chi connectivity index (χ3n) is 3.74. The summed E-state index contributed by atoms with van der Waals surface area (Å²) in [4.78, 5) is 14.7. The van der Waals surface area contributed by atoms with Crippen molar-refractivity contribution >= 4 is 5.82 Å². The first kappa shape index (κ1) is 13.0. The number of aryl methyl sites for hydroxylation is 1. The highest BCUT2D eigenvalue weighted by molar-refractivity contribution is 5.39. The summed E-state index contributed by atoms with van der Waals surface area (Å²) >= 11 is 0. The van der Waals surface area contributed by atoms with Gasteiger partial charge in [-0.15, -0.1) is 0 Å². The second kappa shape index (κ2) is 5.54. The minimum Gasteiger partial charge on any atom is -0.391 e. The molecule has 104 valence electrons. The lowest BCUT2D eigenvalue weighted by atomic mass is 9.97. The number of β-amino-alcohol motifs (C(OH)–C–C–N with tert-alkyl or cyclic N) is 1. The van der Waals surface area contributed by atoms with Crippen LogP contribution < -0.4 is 4.90 Å². The molecule has 1 aliphatic heterocycles. The molecule has 0 aromatic carbocycles. The third kappa shape index (κ3) is 2.77. The fourth-order valence-electron chi connectivity index (χ4n) is 2.68. The van der Waals surface area contributed by atoms with E-state index in [-0.39, 0.29) is 12.0 Å². The Bertz CT molecular complexity index is 575. The van der Waals surface area contributed by atoms with E-state index in [2.05, 4.69) is 19.9 Å². The van der Waals surface area contributed by atoms with Crippen LogP contribution in [0.25, 0.3) is 0 Å². The first-order valence-electron chi connectivity index (χ1n) is 6.84. The van der Waals surface area contributed by atoms with Crippen molar-refractivity contribution in [3.63, 3.8) is 0 Å². The van der Waals surface area contributed by atoms with E-state index in [1.165, 1.54) is 5.56 Å². The normalized spacial score (nSPS) is 22.2. The molecule has 0 unspecified atom stereocenters. The molecule has 0 bridgehead atoms. The van der Waals surface area contributed by atoms with Gasteiger partial charge in [0.1, 0.15) is 11.6 Å². The number of anilines is 1. The Kier molecular flexibility index (Phi) is 3.60. The van der Waals surface area contributed by atoms with Crippen LogP contribution in [0.15, 0.2) is 36.8 Å². The Labute approximate surface area is 118 Å². The van der Waals surface area contributed by atoms with Crippen LogP contribution in [0.1, 0.15) is 11.4 Å². The third-order valence-corrected chi connectivity index (χ3v) is 3.74. The highest BCUT2D eigenvalue weighted by atomic mass is 16.3. The van der Waals surface area contributed by atoms with Gasteiger partial charge in [0.25, 0.3) is 0 Å². The van der Waals surface area contributed by atoms with Crippen LogP contribution in [0.5, 0.6) is 0 Å². The van der Waals surface area contributed by atoms with Crippen molar-refractivity contribution in [2.45, 2.75) is 19.4 Å². The van der Waals surface area contributed by atoms with E-state index in [0.717, 1.165) is 24.6 Å². The molecule has 5 nitrogen and oxygen atoms in total. The summed E-state index contributed by atoms with van der Waals surface area (Å²) in [6.07, 6.45) is 5.90. The van der Waals surface area contributed by atoms with Gasteiger partial charge in [-0.25, -0.2) is 9.97 Å². The quantitative estimate of drug-likeness (QED) is 0.908. The van der Waals surface area contributed by atoms with Crippen LogP contribution in [0.2, 0.25) is 0 Å². The van der Waals surface area contributed by atoms with Crippen LogP contribution in [0, 0.1) is 12.8 Å². The first-order valence-corrected chi connectivity index (χ1v) is 6.84. The molecule has 2 aromatic rings. The summed E-state index contributed by atoms with van der Waals surface area (Å²) in [6.45, 7) is 3.33. The van der Waals surface area contributed by atoms with E-state index in [1.54, 1.807) is 18.6 Å². The maximum atomic E-state index is 10.3.